The van der Waals surface area contributed by atoms with E-state index in [0.717, 1.165) is 0 Å². The van der Waals surface area contributed by atoms with Crippen LogP contribution in [-0.4, -0.2) is 45.9 Å². The smallest absolute Gasteiger partial charge is 0.254 e. The number of nitrogens with one attached hydrogen (secondary N) is 1. The molecule has 1 aromatic heterocycles. The van der Waals surface area contributed by atoms with Gasteiger partial charge < -0.3 is 4.90 Å². The van der Waals surface area contributed by atoms with Crippen LogP contribution in [0.3, 0.4) is 0 Å². The predicted octanol–water partition coefficient (Wildman–Crippen LogP) is 2.45. The van der Waals surface area contributed by atoms with E-state index in [2.05, 4.69) is 31.2 Å². The van der Waals surface area contributed by atoms with E-state index >= 15 is 0 Å². The molecule has 1 saturated carbocycles. The van der Waals surface area contributed by atoms with Crippen molar-refractivity contribution in [2.45, 2.75) is 18.0 Å². The molecule has 1 fully saturated rings. The number of amides is 2. The summed E-state index contributed by atoms with van der Waals surface area (Å²) in [6.07, 6.45) is 1.82. The average molecular weight is 423 g/mol. The van der Waals surface area contributed by atoms with Crippen molar-refractivity contribution in [3.8, 4) is 0 Å². The number of halogens is 3. The molecule has 2 amide bonds. The van der Waals surface area contributed by atoms with E-state index in [-0.39, 0.29) is 41.1 Å². The molecule has 1 aromatic carbocycles. The number of hydrogen-bond acceptors (Lipinski definition) is 4. The molecule has 0 saturated heterocycles. The summed E-state index contributed by atoms with van der Waals surface area (Å²) in [7, 11) is 0. The second-order valence-corrected chi connectivity index (χ2v) is 7.25. The molecule has 9 heteroatoms. The highest BCUT2D eigenvalue weighted by molar-refractivity contribution is 9.10. The Morgan fingerprint density at radius 1 is 1.38 bits per heavy atom. The molecule has 1 aliphatic heterocycles. The van der Waals surface area contributed by atoms with E-state index in [4.69, 9.17) is 0 Å². The van der Waals surface area contributed by atoms with Gasteiger partial charge in [-0.2, -0.15) is 0 Å². The molecule has 6 nitrogen and oxygen atoms in total. The first-order chi connectivity index (χ1) is 12.4. The zero-order valence-electron chi connectivity index (χ0n) is 13.4. The quantitative estimate of drug-likeness (QED) is 0.823. The number of anilines is 1. The lowest BCUT2D eigenvalue weighted by molar-refractivity contribution is -0.117. The fourth-order valence-electron chi connectivity index (χ4n) is 3.39. The Morgan fingerprint density at radius 3 is 2.73 bits per heavy atom. The molecule has 0 unspecified atom stereocenters. The molecule has 0 bridgehead atoms. The minimum atomic E-state index is -1.25. The van der Waals surface area contributed by atoms with Crippen molar-refractivity contribution in [1.29, 1.82) is 0 Å². The number of benzene rings is 1. The van der Waals surface area contributed by atoms with Crippen molar-refractivity contribution in [2.75, 3.05) is 18.4 Å². The van der Waals surface area contributed by atoms with Gasteiger partial charge in [0.2, 0.25) is 11.9 Å². The number of rotatable bonds is 3. The molecule has 26 heavy (non-hydrogen) atoms. The molecule has 2 atom stereocenters. The number of hydrogen-bond donors (Lipinski definition) is 1. The minimum absolute atomic E-state index is 0.0452. The summed E-state index contributed by atoms with van der Waals surface area (Å²) in [5, 5.41) is 2.48. The molecule has 2 aliphatic rings. The zero-order valence-corrected chi connectivity index (χ0v) is 15.0. The van der Waals surface area contributed by atoms with Crippen LogP contribution >= 0.6 is 15.9 Å². The lowest BCUT2D eigenvalue weighted by Crippen LogP contribution is -2.48. The van der Waals surface area contributed by atoms with Gasteiger partial charge in [0.1, 0.15) is 18.5 Å². The first-order valence-electron chi connectivity index (χ1n) is 7.91. The van der Waals surface area contributed by atoms with Gasteiger partial charge in [0.15, 0.2) is 0 Å². The first kappa shape index (κ1) is 17.0. The van der Waals surface area contributed by atoms with E-state index in [0.29, 0.717) is 0 Å². The van der Waals surface area contributed by atoms with Gasteiger partial charge >= 0.3 is 0 Å². The Bertz CT molecular complexity index is 911. The van der Waals surface area contributed by atoms with Crippen molar-refractivity contribution in [3.05, 3.63) is 52.0 Å². The van der Waals surface area contributed by atoms with Gasteiger partial charge in [-0.05, 0) is 40.5 Å². The van der Waals surface area contributed by atoms with Crippen molar-refractivity contribution in [1.82, 2.24) is 14.9 Å². The summed E-state index contributed by atoms with van der Waals surface area (Å²) in [4.78, 5) is 33.9. The number of aromatic nitrogens is 2. The van der Waals surface area contributed by atoms with Gasteiger partial charge in [0.05, 0.1) is 9.89 Å². The molecule has 0 radical (unpaired) electrons. The van der Waals surface area contributed by atoms with Crippen molar-refractivity contribution < 1.29 is 18.4 Å². The maximum Gasteiger partial charge on any atom is 0.254 e. The van der Waals surface area contributed by atoms with E-state index < -0.39 is 29.2 Å². The van der Waals surface area contributed by atoms with Gasteiger partial charge in [-0.25, -0.2) is 18.7 Å². The normalized spacial score (nSPS) is 23.7. The molecule has 1 aliphatic carbocycles. The number of carbonyl (C=O) groups is 2. The highest BCUT2D eigenvalue weighted by Crippen LogP contribution is 2.55. The largest absolute Gasteiger partial charge is 0.328 e. The number of fused-ring (bicyclic) bond motifs is 2. The van der Waals surface area contributed by atoms with Crippen LogP contribution in [0.1, 0.15) is 22.3 Å². The number of alkyl halides is 1. The standard InChI is InChI=1S/C17H13BrF2N4O2/c18-10-3-2-9-13(14(10)20)17(6-11(17)19)8-24(15(9)26)7-12(25)23-16-21-4-1-5-22-16/h1-5,11H,6-8H2,(H,21,22,23,25)/t11-,17-/m1/s1. The lowest BCUT2D eigenvalue weighted by Gasteiger charge is -2.34. The van der Waals surface area contributed by atoms with E-state index in [1.807, 2.05) is 0 Å². The monoisotopic (exact) mass is 422 g/mol. The third-order valence-corrected chi connectivity index (χ3v) is 5.33. The number of nitrogens with zero attached hydrogens (tertiary/aromatic N) is 3. The average Bonchev–Trinajstić information content (AvgIpc) is 3.25. The molecule has 2 heterocycles. The van der Waals surface area contributed by atoms with Crippen LogP contribution in [0.4, 0.5) is 14.7 Å². The van der Waals surface area contributed by atoms with Crippen LogP contribution < -0.4 is 5.32 Å². The molecular weight excluding hydrogens is 410 g/mol. The SMILES string of the molecule is O=C(CN1C[C@@]2(C[C@H]2F)c2c(ccc(Br)c2F)C1=O)Nc1ncccn1. The molecule has 1 N–H and O–H groups in total. The van der Waals surface area contributed by atoms with Crippen LogP contribution in [0.15, 0.2) is 35.1 Å². The van der Waals surface area contributed by atoms with Crippen molar-refractivity contribution >= 4 is 33.7 Å². The number of carbonyl (C=O) groups excluding carboxylic acids is 2. The van der Waals surface area contributed by atoms with Gasteiger partial charge in [-0.3, -0.25) is 14.9 Å². The third-order valence-electron chi connectivity index (χ3n) is 4.72. The molecule has 2 aromatic rings. The maximum atomic E-state index is 14.6. The molecular formula is C17H13BrF2N4O2. The predicted molar refractivity (Wildman–Crippen MR) is 91.9 cm³/mol. The van der Waals surface area contributed by atoms with Gasteiger partial charge in [-0.1, -0.05) is 0 Å². The Labute approximate surface area is 155 Å². The summed E-state index contributed by atoms with van der Waals surface area (Å²) in [5.74, 6) is -1.50. The first-order valence-corrected chi connectivity index (χ1v) is 8.70. The Hall–Kier alpha value is -2.42. The maximum absolute atomic E-state index is 14.6. The van der Waals surface area contributed by atoms with Crippen molar-refractivity contribution in [2.24, 2.45) is 0 Å². The Balaban J connectivity index is 1.60. The highest BCUT2D eigenvalue weighted by Gasteiger charge is 2.62. The van der Waals surface area contributed by atoms with Crippen LogP contribution in [-0.2, 0) is 10.2 Å². The van der Waals surface area contributed by atoms with Crippen LogP contribution in [0, 0.1) is 5.82 Å². The topological polar surface area (TPSA) is 75.2 Å². The second-order valence-electron chi connectivity index (χ2n) is 6.39. The van der Waals surface area contributed by atoms with Crippen molar-refractivity contribution in [3.63, 3.8) is 0 Å². The van der Waals surface area contributed by atoms with Crippen LogP contribution in [0.2, 0.25) is 0 Å². The van der Waals surface area contributed by atoms with E-state index in [9.17, 15) is 18.4 Å². The molecule has 134 valence electrons. The van der Waals surface area contributed by atoms with Crippen LogP contribution in [0.5, 0.6) is 0 Å². The second kappa shape index (κ2) is 6.08. The minimum Gasteiger partial charge on any atom is -0.328 e. The van der Waals surface area contributed by atoms with E-state index in [1.165, 1.54) is 29.4 Å². The fourth-order valence-corrected chi connectivity index (χ4v) is 3.72. The summed E-state index contributed by atoms with van der Waals surface area (Å²) in [5.41, 5.74) is -0.881. The molecule has 1 spiro atoms. The van der Waals surface area contributed by atoms with Crippen LogP contribution in [0.25, 0.3) is 0 Å². The molecule has 4 rings (SSSR count). The Morgan fingerprint density at radius 2 is 2.08 bits per heavy atom. The third kappa shape index (κ3) is 2.66. The summed E-state index contributed by atoms with van der Waals surface area (Å²) in [6.45, 7) is -0.334. The lowest BCUT2D eigenvalue weighted by atomic mass is 9.85. The van der Waals surface area contributed by atoms with Gasteiger partial charge in [-0.15, -0.1) is 0 Å². The zero-order chi connectivity index (χ0) is 18.5. The van der Waals surface area contributed by atoms with Gasteiger partial charge in [0.25, 0.3) is 5.91 Å². The summed E-state index contributed by atoms with van der Waals surface area (Å²) in [6, 6.07) is 4.48. The summed E-state index contributed by atoms with van der Waals surface area (Å²) >= 11 is 3.09. The van der Waals surface area contributed by atoms with Gasteiger partial charge in [0, 0.05) is 30.1 Å². The highest BCUT2D eigenvalue weighted by atomic mass is 79.9. The van der Waals surface area contributed by atoms with E-state index in [1.54, 1.807) is 6.07 Å². The summed E-state index contributed by atoms with van der Waals surface area (Å²) < 4.78 is 28.9. The fraction of sp³-hybridized carbons (Fsp3) is 0.294. The Kier molecular flexibility index (Phi) is 3.98.